The van der Waals surface area contributed by atoms with Crippen molar-refractivity contribution in [3.05, 3.63) is 51.7 Å². The topological polar surface area (TPSA) is 105 Å². The number of hydrogen-bond donors (Lipinski definition) is 2. The molecule has 0 fully saturated rings. The molecular weight excluding hydrogens is 296 g/mol. The SMILES string of the molecule is CC1(C)CC(=O)c2cc(C(=O)Nc3ncccn3)c(=O)[nH]c2C1. The average molecular weight is 312 g/mol. The fourth-order valence-electron chi connectivity index (χ4n) is 2.73. The molecule has 3 rings (SSSR count). The van der Waals surface area contributed by atoms with Crippen molar-refractivity contribution in [1.29, 1.82) is 0 Å². The predicted octanol–water partition coefficient (Wildman–Crippen LogP) is 1.57. The number of amides is 1. The molecule has 0 saturated carbocycles. The first-order chi connectivity index (χ1) is 10.9. The Bertz CT molecular complexity index is 840. The zero-order valence-electron chi connectivity index (χ0n) is 12.8. The summed E-state index contributed by atoms with van der Waals surface area (Å²) in [5, 5.41) is 2.44. The van der Waals surface area contributed by atoms with Crippen LogP contribution in [0.15, 0.2) is 29.3 Å². The summed E-state index contributed by atoms with van der Waals surface area (Å²) < 4.78 is 0. The van der Waals surface area contributed by atoms with E-state index in [9.17, 15) is 14.4 Å². The molecule has 0 spiro atoms. The molecular formula is C16H16N4O3. The number of fused-ring (bicyclic) bond motifs is 1. The number of Topliss-reactive ketones (excluding diaryl/α,β-unsaturated/α-hetero) is 1. The van der Waals surface area contributed by atoms with E-state index >= 15 is 0 Å². The smallest absolute Gasteiger partial charge is 0.263 e. The van der Waals surface area contributed by atoms with Gasteiger partial charge in [-0.05, 0) is 24.0 Å². The average Bonchev–Trinajstić information content (AvgIpc) is 2.46. The van der Waals surface area contributed by atoms with Gasteiger partial charge in [0.25, 0.3) is 11.5 Å². The van der Waals surface area contributed by atoms with Gasteiger partial charge in [0.2, 0.25) is 5.95 Å². The van der Waals surface area contributed by atoms with Crippen LogP contribution in [0, 0.1) is 5.41 Å². The van der Waals surface area contributed by atoms with Crippen LogP contribution in [-0.4, -0.2) is 26.6 Å². The van der Waals surface area contributed by atoms with Gasteiger partial charge < -0.3 is 4.98 Å². The van der Waals surface area contributed by atoms with Crippen molar-refractivity contribution < 1.29 is 9.59 Å². The fraction of sp³-hybridized carbons (Fsp3) is 0.312. The van der Waals surface area contributed by atoms with Gasteiger partial charge >= 0.3 is 0 Å². The lowest BCUT2D eigenvalue weighted by Crippen LogP contribution is -2.33. The Labute approximate surface area is 132 Å². The second kappa shape index (κ2) is 5.42. The number of ketones is 1. The summed E-state index contributed by atoms with van der Waals surface area (Å²) >= 11 is 0. The summed E-state index contributed by atoms with van der Waals surface area (Å²) in [6.45, 7) is 3.94. The monoisotopic (exact) mass is 312 g/mol. The number of H-pyrrole nitrogens is 1. The Morgan fingerprint density at radius 3 is 2.61 bits per heavy atom. The van der Waals surface area contributed by atoms with E-state index in [0.717, 1.165) is 0 Å². The minimum atomic E-state index is -0.641. The standard InChI is InChI=1S/C16H16N4O3/c1-16(2)7-11-9(12(21)8-16)6-10(13(22)19-11)14(23)20-15-17-4-3-5-18-15/h3-6H,7-8H2,1-2H3,(H,19,22)(H,17,18,20,23). The fourth-order valence-corrected chi connectivity index (χ4v) is 2.73. The van der Waals surface area contributed by atoms with Gasteiger partial charge in [-0.3, -0.25) is 19.7 Å². The number of nitrogens with zero attached hydrogens (tertiary/aromatic N) is 2. The number of nitrogens with one attached hydrogen (secondary N) is 2. The largest absolute Gasteiger partial charge is 0.325 e. The molecule has 23 heavy (non-hydrogen) atoms. The summed E-state index contributed by atoms with van der Waals surface area (Å²) in [5.74, 6) is -0.613. The summed E-state index contributed by atoms with van der Waals surface area (Å²) in [6, 6.07) is 2.98. The number of aromatic nitrogens is 3. The highest BCUT2D eigenvalue weighted by Gasteiger charge is 2.32. The van der Waals surface area contributed by atoms with Gasteiger partial charge in [-0.2, -0.15) is 0 Å². The molecule has 2 heterocycles. The van der Waals surface area contributed by atoms with E-state index in [-0.39, 0.29) is 22.7 Å². The van der Waals surface area contributed by atoms with Gasteiger partial charge in [-0.25, -0.2) is 9.97 Å². The van der Waals surface area contributed by atoms with Crippen LogP contribution in [0.25, 0.3) is 0 Å². The van der Waals surface area contributed by atoms with Gasteiger partial charge in [0.05, 0.1) is 0 Å². The van der Waals surface area contributed by atoms with Crippen molar-refractivity contribution in [2.24, 2.45) is 5.41 Å². The molecule has 0 saturated heterocycles. The Morgan fingerprint density at radius 1 is 1.22 bits per heavy atom. The normalized spacial score (nSPS) is 15.8. The number of aromatic amines is 1. The summed E-state index contributed by atoms with van der Waals surface area (Å²) in [4.78, 5) is 47.1. The Balaban J connectivity index is 1.96. The van der Waals surface area contributed by atoms with Crippen molar-refractivity contribution in [3.63, 3.8) is 0 Å². The van der Waals surface area contributed by atoms with Crippen molar-refractivity contribution >= 4 is 17.6 Å². The minimum Gasteiger partial charge on any atom is -0.325 e. The quantitative estimate of drug-likeness (QED) is 0.875. The number of pyridine rings is 1. The molecule has 0 bridgehead atoms. The van der Waals surface area contributed by atoms with Gasteiger partial charge in [0.1, 0.15) is 5.56 Å². The van der Waals surface area contributed by atoms with Crippen molar-refractivity contribution in [2.45, 2.75) is 26.7 Å². The summed E-state index contributed by atoms with van der Waals surface area (Å²) in [7, 11) is 0. The minimum absolute atomic E-state index is 0.0717. The Hall–Kier alpha value is -2.83. The molecule has 0 atom stereocenters. The molecule has 1 aliphatic rings. The van der Waals surface area contributed by atoms with Gasteiger partial charge in [0.15, 0.2) is 5.78 Å². The maximum atomic E-state index is 12.3. The van der Waals surface area contributed by atoms with E-state index in [2.05, 4.69) is 20.3 Å². The van der Waals surface area contributed by atoms with Crippen molar-refractivity contribution in [3.8, 4) is 0 Å². The van der Waals surface area contributed by atoms with Crippen molar-refractivity contribution in [1.82, 2.24) is 15.0 Å². The third kappa shape index (κ3) is 3.03. The molecule has 7 nitrogen and oxygen atoms in total. The number of carbonyl (C=O) groups excluding carboxylic acids is 2. The van der Waals surface area contributed by atoms with Crippen LogP contribution in [0.3, 0.4) is 0 Å². The number of carbonyl (C=O) groups is 2. The molecule has 118 valence electrons. The maximum Gasteiger partial charge on any atom is 0.263 e. The van der Waals surface area contributed by atoms with Gasteiger partial charge in [0, 0.05) is 30.1 Å². The third-order valence-corrected chi connectivity index (χ3v) is 3.75. The van der Waals surface area contributed by atoms with E-state index in [1.54, 1.807) is 6.07 Å². The molecule has 0 aliphatic heterocycles. The predicted molar refractivity (Wildman–Crippen MR) is 83.5 cm³/mol. The van der Waals surface area contributed by atoms with Crippen LogP contribution in [0.5, 0.6) is 0 Å². The molecule has 0 radical (unpaired) electrons. The summed E-state index contributed by atoms with van der Waals surface area (Å²) in [6.07, 6.45) is 3.93. The number of hydrogen-bond acceptors (Lipinski definition) is 5. The van der Waals surface area contributed by atoms with E-state index in [1.165, 1.54) is 18.5 Å². The van der Waals surface area contributed by atoms with E-state index in [1.807, 2.05) is 13.8 Å². The maximum absolute atomic E-state index is 12.3. The molecule has 1 amide bonds. The van der Waals surface area contributed by atoms with Crippen LogP contribution >= 0.6 is 0 Å². The first kappa shape index (κ1) is 15.1. The molecule has 1 aliphatic carbocycles. The van der Waals surface area contributed by atoms with Crippen LogP contribution in [0.1, 0.15) is 46.7 Å². The lowest BCUT2D eigenvalue weighted by Gasteiger charge is -2.29. The zero-order chi connectivity index (χ0) is 16.6. The second-order valence-electron chi connectivity index (χ2n) is 6.37. The molecule has 0 unspecified atom stereocenters. The lowest BCUT2D eigenvalue weighted by atomic mass is 9.75. The highest BCUT2D eigenvalue weighted by atomic mass is 16.2. The molecule has 2 aromatic heterocycles. The highest BCUT2D eigenvalue weighted by molar-refractivity contribution is 6.06. The lowest BCUT2D eigenvalue weighted by molar-refractivity contribution is 0.0910. The third-order valence-electron chi connectivity index (χ3n) is 3.75. The molecule has 0 aromatic carbocycles. The van der Waals surface area contributed by atoms with Gasteiger partial charge in [-0.15, -0.1) is 0 Å². The van der Waals surface area contributed by atoms with Crippen LogP contribution in [0.2, 0.25) is 0 Å². The second-order valence-corrected chi connectivity index (χ2v) is 6.37. The van der Waals surface area contributed by atoms with Crippen LogP contribution < -0.4 is 10.9 Å². The zero-order valence-corrected chi connectivity index (χ0v) is 12.8. The number of anilines is 1. The van der Waals surface area contributed by atoms with Crippen LogP contribution in [-0.2, 0) is 6.42 Å². The van der Waals surface area contributed by atoms with Crippen molar-refractivity contribution in [2.75, 3.05) is 5.32 Å². The van der Waals surface area contributed by atoms with E-state index in [4.69, 9.17) is 0 Å². The Morgan fingerprint density at radius 2 is 1.91 bits per heavy atom. The Kier molecular flexibility index (Phi) is 3.55. The molecule has 2 N–H and O–H groups in total. The molecule has 2 aromatic rings. The van der Waals surface area contributed by atoms with Gasteiger partial charge in [-0.1, -0.05) is 13.8 Å². The van der Waals surface area contributed by atoms with E-state index < -0.39 is 11.5 Å². The first-order valence-electron chi connectivity index (χ1n) is 7.23. The van der Waals surface area contributed by atoms with E-state index in [0.29, 0.717) is 24.1 Å². The number of rotatable bonds is 2. The molecule has 7 heteroatoms. The summed E-state index contributed by atoms with van der Waals surface area (Å²) in [5.41, 5.74) is 0.146. The first-order valence-corrected chi connectivity index (χ1v) is 7.23. The van der Waals surface area contributed by atoms with Crippen LogP contribution in [0.4, 0.5) is 5.95 Å². The highest BCUT2D eigenvalue weighted by Crippen LogP contribution is 2.33.